The Morgan fingerprint density at radius 1 is 1.06 bits per heavy atom. The fourth-order valence-corrected chi connectivity index (χ4v) is 4.77. The average Bonchev–Trinajstić information content (AvgIpc) is 3.09. The van der Waals surface area contributed by atoms with Crippen LogP contribution in [0, 0.1) is 5.92 Å². The molecule has 0 atom stereocenters. The van der Waals surface area contributed by atoms with Crippen molar-refractivity contribution >= 4 is 22.4 Å². The minimum Gasteiger partial charge on any atom is -0.378 e. The molecule has 0 radical (unpaired) electrons. The van der Waals surface area contributed by atoms with E-state index in [0.717, 1.165) is 54.6 Å². The third kappa shape index (κ3) is 4.47. The van der Waals surface area contributed by atoms with Crippen LogP contribution in [-0.4, -0.2) is 49.1 Å². The van der Waals surface area contributed by atoms with Crippen molar-refractivity contribution in [3.63, 3.8) is 0 Å². The van der Waals surface area contributed by atoms with Gasteiger partial charge in [0.25, 0.3) is 0 Å². The third-order valence-corrected chi connectivity index (χ3v) is 6.42. The Kier molecular flexibility index (Phi) is 6.05. The number of carbonyl (C=O) groups excluding carboxylic acids is 1. The van der Waals surface area contributed by atoms with E-state index in [1.807, 2.05) is 61.5 Å². The van der Waals surface area contributed by atoms with E-state index in [1.165, 1.54) is 5.56 Å². The Balaban J connectivity index is 1.59. The van der Waals surface area contributed by atoms with E-state index in [-0.39, 0.29) is 5.78 Å². The van der Waals surface area contributed by atoms with E-state index >= 15 is 0 Å². The van der Waals surface area contributed by atoms with Crippen LogP contribution in [0.25, 0.3) is 10.9 Å². The highest BCUT2D eigenvalue weighted by atomic mass is 16.1. The van der Waals surface area contributed by atoms with Crippen molar-refractivity contribution in [3.05, 3.63) is 65.4 Å². The van der Waals surface area contributed by atoms with E-state index in [1.54, 1.807) is 4.68 Å². The number of carbonyl (C=O) groups is 1. The highest BCUT2D eigenvalue weighted by molar-refractivity contribution is 6.11. The number of nitrogen functional groups attached to an aromatic ring is 1. The zero-order valence-corrected chi connectivity index (χ0v) is 19.1. The number of piperidine rings is 1. The van der Waals surface area contributed by atoms with Crippen LogP contribution in [0.5, 0.6) is 0 Å². The summed E-state index contributed by atoms with van der Waals surface area (Å²) in [5.74, 6) is 7.51. The molecule has 5 heteroatoms. The number of nitrogens with two attached hydrogens (primary N) is 1. The summed E-state index contributed by atoms with van der Waals surface area (Å²) < 4.78 is 1.71. The fourth-order valence-electron chi connectivity index (χ4n) is 4.77. The van der Waals surface area contributed by atoms with Gasteiger partial charge in [0.1, 0.15) is 0 Å². The van der Waals surface area contributed by atoms with Crippen LogP contribution in [0.3, 0.4) is 0 Å². The summed E-state index contributed by atoms with van der Waals surface area (Å²) in [7, 11) is 3.99. The first-order chi connectivity index (χ1) is 14.8. The molecule has 1 aromatic heterocycles. The van der Waals surface area contributed by atoms with Crippen molar-refractivity contribution in [1.29, 1.82) is 0 Å². The number of benzene rings is 2. The van der Waals surface area contributed by atoms with Gasteiger partial charge in [0, 0.05) is 49.0 Å². The van der Waals surface area contributed by atoms with Gasteiger partial charge in [-0.1, -0.05) is 13.8 Å². The number of hydrogen-bond donors (Lipinski definition) is 1. The molecule has 0 spiro atoms. The Bertz CT molecular complexity index is 1060. The number of ketones is 1. The largest absolute Gasteiger partial charge is 0.378 e. The topological polar surface area (TPSA) is 54.5 Å². The van der Waals surface area contributed by atoms with Gasteiger partial charge >= 0.3 is 0 Å². The summed E-state index contributed by atoms with van der Waals surface area (Å²) in [4.78, 5) is 17.7. The molecule has 1 saturated heterocycles. The molecule has 4 rings (SSSR count). The van der Waals surface area contributed by atoms with Crippen molar-refractivity contribution < 1.29 is 4.79 Å². The Morgan fingerprint density at radius 2 is 1.71 bits per heavy atom. The lowest BCUT2D eigenvalue weighted by atomic mass is 9.88. The van der Waals surface area contributed by atoms with E-state index in [2.05, 4.69) is 24.9 Å². The van der Waals surface area contributed by atoms with Crippen molar-refractivity contribution in [1.82, 2.24) is 9.58 Å². The van der Waals surface area contributed by atoms with E-state index in [9.17, 15) is 4.79 Å². The normalized spacial score (nSPS) is 15.6. The van der Waals surface area contributed by atoms with Gasteiger partial charge in [-0.05, 0) is 85.8 Å². The van der Waals surface area contributed by atoms with E-state index in [4.69, 9.17) is 5.84 Å². The highest BCUT2D eigenvalue weighted by Gasteiger charge is 2.24. The van der Waals surface area contributed by atoms with Crippen LogP contribution in [-0.2, 0) is 0 Å². The van der Waals surface area contributed by atoms with E-state index < -0.39 is 0 Å². The number of fused-ring (bicyclic) bond motifs is 1. The summed E-state index contributed by atoms with van der Waals surface area (Å²) in [6, 6.07) is 13.7. The molecule has 2 N–H and O–H groups in total. The predicted molar refractivity (Wildman–Crippen MR) is 130 cm³/mol. The van der Waals surface area contributed by atoms with Crippen molar-refractivity contribution in [2.75, 3.05) is 44.5 Å². The molecule has 31 heavy (non-hydrogen) atoms. The number of rotatable bonds is 6. The number of nitrogens with zero attached hydrogens (tertiary/aromatic N) is 3. The highest BCUT2D eigenvalue weighted by Crippen LogP contribution is 2.34. The van der Waals surface area contributed by atoms with E-state index in [0.29, 0.717) is 17.4 Å². The van der Waals surface area contributed by atoms with Crippen LogP contribution >= 0.6 is 0 Å². The lowest BCUT2D eigenvalue weighted by Gasteiger charge is -2.33. The molecule has 164 valence electrons. The van der Waals surface area contributed by atoms with Crippen LogP contribution < -0.4 is 10.7 Å². The summed E-state index contributed by atoms with van der Waals surface area (Å²) in [6.07, 6.45) is 4.33. The van der Waals surface area contributed by atoms with Gasteiger partial charge in [-0.2, -0.15) is 0 Å². The van der Waals surface area contributed by atoms with Crippen LogP contribution in [0.2, 0.25) is 0 Å². The van der Waals surface area contributed by atoms with Crippen molar-refractivity contribution in [3.8, 4) is 0 Å². The number of hydrogen-bond acceptors (Lipinski definition) is 4. The second kappa shape index (κ2) is 8.75. The second-order valence-electron chi connectivity index (χ2n) is 9.46. The average molecular weight is 419 g/mol. The molecule has 1 aliphatic rings. The summed E-state index contributed by atoms with van der Waals surface area (Å²) in [6.45, 7) is 7.96. The fraction of sp³-hybridized carbons (Fsp3) is 0.423. The predicted octanol–water partition coefficient (Wildman–Crippen LogP) is 4.49. The minimum absolute atomic E-state index is 0.0506. The maximum Gasteiger partial charge on any atom is 0.193 e. The smallest absolute Gasteiger partial charge is 0.193 e. The van der Waals surface area contributed by atoms with Crippen molar-refractivity contribution in [2.45, 2.75) is 32.6 Å². The van der Waals surface area contributed by atoms with Gasteiger partial charge in [-0.3, -0.25) is 9.47 Å². The van der Waals surface area contributed by atoms with Crippen LogP contribution in [0.4, 0.5) is 5.69 Å². The molecule has 0 bridgehead atoms. The lowest BCUT2D eigenvalue weighted by molar-refractivity contribution is 0.103. The molecular weight excluding hydrogens is 384 g/mol. The molecule has 1 aliphatic heterocycles. The van der Waals surface area contributed by atoms with Gasteiger partial charge in [0.2, 0.25) is 0 Å². The summed E-state index contributed by atoms with van der Waals surface area (Å²) in [5, 5.41) is 1.11. The first-order valence-electron chi connectivity index (χ1n) is 11.3. The molecule has 2 heterocycles. The molecular formula is C26H34N4O. The van der Waals surface area contributed by atoms with Gasteiger partial charge in [-0.15, -0.1) is 0 Å². The molecule has 5 nitrogen and oxygen atoms in total. The summed E-state index contributed by atoms with van der Waals surface area (Å²) >= 11 is 0. The monoisotopic (exact) mass is 418 g/mol. The first-order valence-corrected chi connectivity index (χ1v) is 11.3. The quantitative estimate of drug-likeness (QED) is 0.473. The third-order valence-electron chi connectivity index (χ3n) is 6.42. The first kappa shape index (κ1) is 21.4. The van der Waals surface area contributed by atoms with Crippen LogP contribution in [0.15, 0.2) is 48.7 Å². The Hall–Kier alpha value is -2.79. The Morgan fingerprint density at radius 3 is 2.32 bits per heavy atom. The second-order valence-corrected chi connectivity index (χ2v) is 9.46. The van der Waals surface area contributed by atoms with Crippen molar-refractivity contribution in [2.24, 2.45) is 5.92 Å². The number of aromatic nitrogens is 1. The van der Waals surface area contributed by atoms with Crippen LogP contribution in [0.1, 0.15) is 54.1 Å². The Labute approximate surface area is 185 Å². The standard InChI is InChI=1S/C26H34N4O/c1-18(2)16-29-13-11-19(12-14-29)24-17-30(27)25-10-7-21(15-23(24)25)26(31)20-5-8-22(9-6-20)28(3)4/h5-10,15,17-19H,11-14,16,27H2,1-4H3. The molecule has 0 aliphatic carbocycles. The van der Waals surface area contributed by atoms with Gasteiger partial charge < -0.3 is 15.6 Å². The maximum absolute atomic E-state index is 13.2. The minimum atomic E-state index is 0.0506. The molecule has 3 aromatic rings. The number of likely N-dealkylation sites (tertiary alicyclic amines) is 1. The lowest BCUT2D eigenvalue weighted by Crippen LogP contribution is -2.35. The SMILES string of the molecule is CC(C)CN1CCC(c2cn(N)c3ccc(C(=O)c4ccc(N(C)C)cc4)cc23)CC1. The zero-order valence-electron chi connectivity index (χ0n) is 19.1. The molecule has 0 unspecified atom stereocenters. The maximum atomic E-state index is 13.2. The molecule has 0 amide bonds. The zero-order chi connectivity index (χ0) is 22.1. The number of anilines is 1. The molecule has 1 fully saturated rings. The van der Waals surface area contributed by atoms with Gasteiger partial charge in [0.05, 0.1) is 5.52 Å². The molecule has 0 saturated carbocycles. The van der Waals surface area contributed by atoms with Gasteiger partial charge in [-0.25, -0.2) is 0 Å². The summed E-state index contributed by atoms with van der Waals surface area (Å²) in [5.41, 5.74) is 4.77. The van der Waals surface area contributed by atoms with Gasteiger partial charge in [0.15, 0.2) is 5.78 Å². The molecule has 2 aromatic carbocycles.